The van der Waals surface area contributed by atoms with Gasteiger partial charge in [0.15, 0.2) is 17.2 Å². The fourth-order valence-electron chi connectivity index (χ4n) is 3.84. The summed E-state index contributed by atoms with van der Waals surface area (Å²) in [5, 5.41) is 14.8. The molecular weight excluding hydrogens is 378 g/mol. The zero-order valence-corrected chi connectivity index (χ0v) is 15.6. The SMILES string of the molecule is Nc1c(C(=O)c2c[nH]c3ccccc23)nnc2cc(-c3c[nH]c4ccccc34)nn12. The highest BCUT2D eigenvalue weighted by Crippen LogP contribution is 2.29. The highest BCUT2D eigenvalue weighted by Gasteiger charge is 2.22. The van der Waals surface area contributed by atoms with Crippen molar-refractivity contribution in [2.45, 2.75) is 0 Å². The molecule has 0 saturated heterocycles. The molecule has 0 amide bonds. The maximum absolute atomic E-state index is 13.1. The Labute approximate surface area is 169 Å². The third-order valence-corrected chi connectivity index (χ3v) is 5.33. The molecular formula is C22H15N7O. The Hall–Kier alpha value is -4.46. The number of carbonyl (C=O) groups excluding carboxylic acids is 1. The third-order valence-electron chi connectivity index (χ3n) is 5.33. The van der Waals surface area contributed by atoms with E-state index < -0.39 is 0 Å². The molecule has 8 nitrogen and oxygen atoms in total. The van der Waals surface area contributed by atoms with Gasteiger partial charge in [-0.1, -0.05) is 36.4 Å². The van der Waals surface area contributed by atoms with Gasteiger partial charge in [0.05, 0.1) is 5.69 Å². The number of fused-ring (bicyclic) bond motifs is 3. The first-order valence-corrected chi connectivity index (χ1v) is 9.40. The molecule has 0 spiro atoms. The van der Waals surface area contributed by atoms with Crippen LogP contribution in [0.5, 0.6) is 0 Å². The Balaban J connectivity index is 1.49. The fraction of sp³-hybridized carbons (Fsp3) is 0. The Morgan fingerprint density at radius 2 is 1.60 bits per heavy atom. The van der Waals surface area contributed by atoms with E-state index in [0.717, 1.165) is 27.4 Å². The number of aromatic nitrogens is 6. The van der Waals surface area contributed by atoms with Crippen LogP contribution in [0.3, 0.4) is 0 Å². The number of nitrogens with one attached hydrogen (secondary N) is 2. The number of aromatic amines is 2. The van der Waals surface area contributed by atoms with E-state index in [0.29, 0.717) is 16.9 Å². The standard InChI is InChI=1S/C22H15N7O/c23-22-20(21(30)15-11-25-17-8-4-2-6-13(15)17)27-26-19-9-18(28-29(19)22)14-10-24-16-7-3-1-5-12(14)16/h1-11,24-25H,23H2. The lowest BCUT2D eigenvalue weighted by atomic mass is 10.1. The maximum atomic E-state index is 13.1. The first kappa shape index (κ1) is 16.5. The number of ketones is 1. The van der Waals surface area contributed by atoms with E-state index in [4.69, 9.17) is 5.73 Å². The molecule has 0 saturated carbocycles. The molecule has 144 valence electrons. The van der Waals surface area contributed by atoms with Gasteiger partial charge in [-0.15, -0.1) is 10.2 Å². The Morgan fingerprint density at radius 3 is 2.43 bits per heavy atom. The zero-order chi connectivity index (χ0) is 20.2. The van der Waals surface area contributed by atoms with Crippen molar-refractivity contribution in [3.63, 3.8) is 0 Å². The van der Waals surface area contributed by atoms with Crippen LogP contribution < -0.4 is 5.73 Å². The molecule has 0 aliphatic heterocycles. The second-order valence-corrected chi connectivity index (χ2v) is 7.06. The molecule has 4 aromatic heterocycles. The number of hydrogen-bond acceptors (Lipinski definition) is 5. The average Bonchev–Trinajstić information content (AvgIpc) is 3.49. The van der Waals surface area contributed by atoms with E-state index in [2.05, 4.69) is 25.3 Å². The first-order chi connectivity index (χ1) is 14.7. The van der Waals surface area contributed by atoms with Crippen LogP contribution in [0.4, 0.5) is 5.82 Å². The zero-order valence-electron chi connectivity index (χ0n) is 15.6. The Bertz CT molecular complexity index is 1590. The van der Waals surface area contributed by atoms with E-state index in [1.165, 1.54) is 4.52 Å². The van der Waals surface area contributed by atoms with Crippen LogP contribution in [0.1, 0.15) is 16.1 Å². The fourth-order valence-corrected chi connectivity index (χ4v) is 3.84. The molecule has 4 heterocycles. The van der Waals surface area contributed by atoms with Gasteiger partial charge in [0.25, 0.3) is 0 Å². The Kier molecular flexibility index (Phi) is 3.31. The maximum Gasteiger partial charge on any atom is 0.219 e. The van der Waals surface area contributed by atoms with Crippen LogP contribution in [-0.4, -0.2) is 35.6 Å². The van der Waals surface area contributed by atoms with Crippen LogP contribution in [0.25, 0.3) is 38.7 Å². The van der Waals surface area contributed by atoms with Crippen molar-refractivity contribution < 1.29 is 4.79 Å². The minimum absolute atomic E-state index is 0.0702. The van der Waals surface area contributed by atoms with Gasteiger partial charge < -0.3 is 15.7 Å². The van der Waals surface area contributed by atoms with Crippen LogP contribution in [0.2, 0.25) is 0 Å². The van der Waals surface area contributed by atoms with Gasteiger partial charge >= 0.3 is 0 Å². The molecule has 2 aromatic carbocycles. The van der Waals surface area contributed by atoms with E-state index in [9.17, 15) is 4.79 Å². The molecule has 6 rings (SSSR count). The summed E-state index contributed by atoms with van der Waals surface area (Å²) in [6.45, 7) is 0. The van der Waals surface area contributed by atoms with Gasteiger partial charge in [-0.05, 0) is 12.1 Å². The van der Waals surface area contributed by atoms with Crippen molar-refractivity contribution in [1.82, 2.24) is 29.8 Å². The second-order valence-electron chi connectivity index (χ2n) is 7.06. The molecule has 0 unspecified atom stereocenters. The quantitative estimate of drug-likeness (QED) is 0.397. The minimum Gasteiger partial charge on any atom is -0.382 e. The van der Waals surface area contributed by atoms with E-state index >= 15 is 0 Å². The number of H-pyrrole nitrogens is 2. The molecule has 6 aromatic rings. The number of anilines is 1. The monoisotopic (exact) mass is 393 g/mol. The number of carbonyl (C=O) groups is 1. The van der Waals surface area contributed by atoms with Gasteiger partial charge in [0.1, 0.15) is 0 Å². The smallest absolute Gasteiger partial charge is 0.219 e. The predicted octanol–water partition coefficient (Wildman–Crippen LogP) is 3.57. The first-order valence-electron chi connectivity index (χ1n) is 9.40. The highest BCUT2D eigenvalue weighted by atomic mass is 16.1. The van der Waals surface area contributed by atoms with Crippen LogP contribution in [0.15, 0.2) is 67.0 Å². The molecule has 0 bridgehead atoms. The molecule has 0 aliphatic rings. The number of para-hydroxylation sites is 2. The lowest BCUT2D eigenvalue weighted by molar-refractivity contribution is 0.103. The highest BCUT2D eigenvalue weighted by molar-refractivity contribution is 6.17. The molecule has 0 aliphatic carbocycles. The van der Waals surface area contributed by atoms with Crippen molar-refractivity contribution in [2.75, 3.05) is 5.73 Å². The predicted molar refractivity (Wildman–Crippen MR) is 114 cm³/mol. The van der Waals surface area contributed by atoms with Gasteiger partial charge in [0, 0.05) is 51.4 Å². The van der Waals surface area contributed by atoms with Crippen molar-refractivity contribution in [3.8, 4) is 11.3 Å². The molecule has 0 atom stereocenters. The number of benzene rings is 2. The lowest BCUT2D eigenvalue weighted by Gasteiger charge is -2.04. The summed E-state index contributed by atoms with van der Waals surface area (Å²) in [4.78, 5) is 19.5. The summed E-state index contributed by atoms with van der Waals surface area (Å²) in [6.07, 6.45) is 3.56. The van der Waals surface area contributed by atoms with E-state index in [1.54, 1.807) is 12.3 Å². The van der Waals surface area contributed by atoms with Gasteiger partial charge in [0.2, 0.25) is 5.78 Å². The normalized spacial score (nSPS) is 11.6. The summed E-state index contributed by atoms with van der Waals surface area (Å²) in [5.41, 5.74) is 10.9. The molecule has 0 fully saturated rings. The summed E-state index contributed by atoms with van der Waals surface area (Å²) < 4.78 is 1.46. The number of nitrogens with zero attached hydrogens (tertiary/aromatic N) is 4. The summed E-state index contributed by atoms with van der Waals surface area (Å²) >= 11 is 0. The third kappa shape index (κ3) is 2.27. The second kappa shape index (κ2) is 6.02. The Morgan fingerprint density at radius 1 is 0.900 bits per heavy atom. The van der Waals surface area contributed by atoms with Crippen LogP contribution in [0, 0.1) is 0 Å². The van der Waals surface area contributed by atoms with Gasteiger partial charge in [-0.3, -0.25) is 4.79 Å². The molecule has 0 radical (unpaired) electrons. The summed E-state index contributed by atoms with van der Waals surface area (Å²) in [5.74, 6) is -0.148. The number of hydrogen-bond donors (Lipinski definition) is 3. The van der Waals surface area contributed by atoms with E-state index in [-0.39, 0.29) is 17.3 Å². The molecule has 4 N–H and O–H groups in total. The average molecular weight is 393 g/mol. The van der Waals surface area contributed by atoms with Crippen molar-refractivity contribution in [2.24, 2.45) is 0 Å². The number of rotatable bonds is 3. The van der Waals surface area contributed by atoms with Gasteiger partial charge in [-0.25, -0.2) is 0 Å². The molecule has 30 heavy (non-hydrogen) atoms. The summed E-state index contributed by atoms with van der Waals surface area (Å²) in [7, 11) is 0. The minimum atomic E-state index is -0.302. The van der Waals surface area contributed by atoms with Crippen LogP contribution in [-0.2, 0) is 0 Å². The summed E-state index contributed by atoms with van der Waals surface area (Å²) in [6, 6.07) is 17.3. The lowest BCUT2D eigenvalue weighted by Crippen LogP contribution is -2.13. The van der Waals surface area contributed by atoms with Crippen molar-refractivity contribution >= 4 is 39.1 Å². The van der Waals surface area contributed by atoms with E-state index in [1.807, 2.05) is 54.7 Å². The van der Waals surface area contributed by atoms with Gasteiger partial charge in [-0.2, -0.15) is 9.61 Å². The van der Waals surface area contributed by atoms with Crippen molar-refractivity contribution in [1.29, 1.82) is 0 Å². The largest absolute Gasteiger partial charge is 0.382 e. The topological polar surface area (TPSA) is 118 Å². The molecule has 8 heteroatoms. The number of nitrogen functional groups attached to an aromatic ring is 1. The number of nitrogens with two attached hydrogens (primary N) is 1. The van der Waals surface area contributed by atoms with Crippen molar-refractivity contribution in [3.05, 3.63) is 78.2 Å². The van der Waals surface area contributed by atoms with Crippen LogP contribution >= 0.6 is 0 Å².